The normalized spacial score (nSPS) is 18.3. The predicted molar refractivity (Wildman–Crippen MR) is 117 cm³/mol. The van der Waals surface area contributed by atoms with Gasteiger partial charge < -0.3 is 9.74 Å². The zero-order valence-corrected chi connectivity index (χ0v) is 17.2. The molecule has 2 aromatic rings. The highest BCUT2D eigenvalue weighted by atomic mass is 16.7. The standard InChI is InChI=1S/C25H28N2O2/c1-19(2)21-11-8-20(9-12-21)10-13-24(28)27-16-14-25(15-17-27)18-23(26-29-25)22-6-4-3-5-7-22/h3-13,19H,14-18H2,1-2H3/b13-10+. The third kappa shape index (κ3) is 4.42. The van der Waals surface area contributed by atoms with Crippen molar-refractivity contribution in [2.24, 2.45) is 5.16 Å². The minimum atomic E-state index is -0.252. The molecule has 1 fully saturated rings. The molecule has 0 N–H and O–H groups in total. The molecule has 2 aromatic carbocycles. The van der Waals surface area contributed by atoms with Gasteiger partial charge >= 0.3 is 0 Å². The molecule has 2 aliphatic rings. The molecular weight excluding hydrogens is 360 g/mol. The van der Waals surface area contributed by atoms with E-state index in [-0.39, 0.29) is 11.5 Å². The van der Waals surface area contributed by atoms with Gasteiger partial charge in [0.05, 0.1) is 5.71 Å². The van der Waals surface area contributed by atoms with Crippen molar-refractivity contribution in [1.29, 1.82) is 0 Å². The fraction of sp³-hybridized carbons (Fsp3) is 0.360. The second kappa shape index (κ2) is 8.24. The Morgan fingerprint density at radius 1 is 1.07 bits per heavy atom. The average molecular weight is 389 g/mol. The maximum Gasteiger partial charge on any atom is 0.246 e. The van der Waals surface area contributed by atoms with Gasteiger partial charge in [-0.15, -0.1) is 0 Å². The summed E-state index contributed by atoms with van der Waals surface area (Å²) in [7, 11) is 0. The summed E-state index contributed by atoms with van der Waals surface area (Å²) in [6.45, 7) is 5.76. The first-order valence-electron chi connectivity index (χ1n) is 10.4. The monoisotopic (exact) mass is 388 g/mol. The van der Waals surface area contributed by atoms with Crippen molar-refractivity contribution in [2.45, 2.75) is 44.6 Å². The molecule has 0 bridgehead atoms. The highest BCUT2D eigenvalue weighted by Crippen LogP contribution is 2.36. The van der Waals surface area contributed by atoms with Crippen LogP contribution in [-0.4, -0.2) is 35.2 Å². The maximum atomic E-state index is 12.6. The predicted octanol–water partition coefficient (Wildman–Crippen LogP) is 5.01. The SMILES string of the molecule is CC(C)c1ccc(/C=C/C(=O)N2CCC3(CC2)CC(c2ccccc2)=NO3)cc1. The van der Waals surface area contributed by atoms with Crippen molar-refractivity contribution in [2.75, 3.05) is 13.1 Å². The molecule has 0 radical (unpaired) electrons. The number of hydrogen-bond donors (Lipinski definition) is 0. The zero-order valence-electron chi connectivity index (χ0n) is 17.2. The number of amides is 1. The Hall–Kier alpha value is -2.88. The lowest BCUT2D eigenvalue weighted by atomic mass is 9.85. The summed E-state index contributed by atoms with van der Waals surface area (Å²) in [5.74, 6) is 0.578. The van der Waals surface area contributed by atoms with E-state index >= 15 is 0 Å². The molecule has 2 heterocycles. The van der Waals surface area contributed by atoms with Gasteiger partial charge in [-0.1, -0.05) is 73.6 Å². The first kappa shape index (κ1) is 19.4. The number of carbonyl (C=O) groups excluding carboxylic acids is 1. The molecule has 0 unspecified atom stereocenters. The van der Waals surface area contributed by atoms with Crippen LogP contribution in [0, 0.1) is 0 Å². The minimum absolute atomic E-state index is 0.0648. The summed E-state index contributed by atoms with van der Waals surface area (Å²) in [5, 5.41) is 4.35. The molecule has 1 amide bonds. The van der Waals surface area contributed by atoms with Crippen molar-refractivity contribution in [3.05, 3.63) is 77.4 Å². The zero-order chi connectivity index (χ0) is 20.3. The van der Waals surface area contributed by atoms with Crippen molar-refractivity contribution < 1.29 is 9.63 Å². The summed E-state index contributed by atoms with van der Waals surface area (Å²) < 4.78 is 0. The number of rotatable bonds is 4. The summed E-state index contributed by atoms with van der Waals surface area (Å²) in [4.78, 5) is 20.4. The second-order valence-electron chi connectivity index (χ2n) is 8.34. The third-order valence-electron chi connectivity index (χ3n) is 5.95. The maximum absolute atomic E-state index is 12.6. The summed E-state index contributed by atoms with van der Waals surface area (Å²) in [5.41, 5.74) is 4.24. The van der Waals surface area contributed by atoms with Crippen molar-refractivity contribution in [1.82, 2.24) is 4.90 Å². The van der Waals surface area contributed by atoms with E-state index in [0.717, 1.165) is 36.1 Å². The summed E-state index contributed by atoms with van der Waals surface area (Å²) in [6, 6.07) is 18.6. The quantitative estimate of drug-likeness (QED) is 0.691. The van der Waals surface area contributed by atoms with Crippen LogP contribution in [0.4, 0.5) is 0 Å². The van der Waals surface area contributed by atoms with Gasteiger partial charge in [0.2, 0.25) is 5.91 Å². The van der Waals surface area contributed by atoms with Crippen molar-refractivity contribution >= 4 is 17.7 Å². The molecule has 4 heteroatoms. The third-order valence-corrected chi connectivity index (χ3v) is 5.95. The molecule has 4 nitrogen and oxygen atoms in total. The highest BCUT2D eigenvalue weighted by Gasteiger charge is 2.42. The largest absolute Gasteiger partial charge is 0.388 e. The Kier molecular flexibility index (Phi) is 5.52. The summed E-state index contributed by atoms with van der Waals surface area (Å²) >= 11 is 0. The van der Waals surface area contributed by atoms with Gasteiger partial charge in [-0.25, -0.2) is 0 Å². The van der Waals surface area contributed by atoms with Gasteiger partial charge in [0.1, 0.15) is 5.60 Å². The van der Waals surface area contributed by atoms with Crippen LogP contribution in [-0.2, 0) is 9.63 Å². The molecule has 0 atom stereocenters. The lowest BCUT2D eigenvalue weighted by Gasteiger charge is -2.36. The van der Waals surface area contributed by atoms with Crippen molar-refractivity contribution in [3.8, 4) is 0 Å². The van der Waals surface area contributed by atoms with Crippen LogP contribution in [0.1, 0.15) is 55.7 Å². The fourth-order valence-electron chi connectivity index (χ4n) is 3.97. The van der Waals surface area contributed by atoms with Crippen LogP contribution >= 0.6 is 0 Å². The Morgan fingerprint density at radius 3 is 2.41 bits per heavy atom. The molecule has 0 aromatic heterocycles. The van der Waals surface area contributed by atoms with E-state index < -0.39 is 0 Å². The van der Waals surface area contributed by atoms with Crippen molar-refractivity contribution in [3.63, 3.8) is 0 Å². The van der Waals surface area contributed by atoms with Crippen LogP contribution in [0.3, 0.4) is 0 Å². The molecule has 0 aliphatic carbocycles. The first-order valence-corrected chi connectivity index (χ1v) is 10.4. The molecule has 2 aliphatic heterocycles. The Bertz CT molecular complexity index is 906. The second-order valence-corrected chi connectivity index (χ2v) is 8.34. The van der Waals surface area contributed by atoms with Crippen LogP contribution in [0.25, 0.3) is 6.08 Å². The molecule has 0 saturated carbocycles. The lowest BCUT2D eigenvalue weighted by Crippen LogP contribution is -2.46. The fourth-order valence-corrected chi connectivity index (χ4v) is 3.97. The van der Waals surface area contributed by atoms with Crippen LogP contribution in [0.15, 0.2) is 65.8 Å². The molecule has 29 heavy (non-hydrogen) atoms. The number of oxime groups is 1. The smallest absolute Gasteiger partial charge is 0.246 e. The van der Waals surface area contributed by atoms with Gasteiger partial charge in [0.25, 0.3) is 0 Å². The van der Waals surface area contributed by atoms with E-state index in [2.05, 4.69) is 55.4 Å². The molecule has 4 rings (SSSR count). The van der Waals surface area contributed by atoms with Crippen LogP contribution in [0.2, 0.25) is 0 Å². The topological polar surface area (TPSA) is 41.9 Å². The van der Waals surface area contributed by atoms with Crippen LogP contribution < -0.4 is 0 Å². The van der Waals surface area contributed by atoms with Crippen LogP contribution in [0.5, 0.6) is 0 Å². The van der Waals surface area contributed by atoms with E-state index in [9.17, 15) is 4.79 Å². The number of nitrogens with zero attached hydrogens (tertiary/aromatic N) is 2. The number of benzene rings is 2. The van der Waals surface area contributed by atoms with Gasteiger partial charge in [-0.2, -0.15) is 0 Å². The first-order chi connectivity index (χ1) is 14.0. The molecular formula is C25H28N2O2. The Balaban J connectivity index is 1.31. The van der Waals surface area contributed by atoms with E-state index in [0.29, 0.717) is 19.0 Å². The Labute approximate surface area is 172 Å². The van der Waals surface area contributed by atoms with E-state index in [4.69, 9.17) is 4.84 Å². The number of piperidine rings is 1. The van der Waals surface area contributed by atoms with E-state index in [1.54, 1.807) is 6.08 Å². The molecule has 1 saturated heterocycles. The van der Waals surface area contributed by atoms with Gasteiger partial charge in [-0.3, -0.25) is 4.79 Å². The van der Waals surface area contributed by atoms with E-state index in [1.807, 2.05) is 29.2 Å². The van der Waals surface area contributed by atoms with Gasteiger partial charge in [0, 0.05) is 38.4 Å². The highest BCUT2D eigenvalue weighted by molar-refractivity contribution is 6.01. The molecule has 150 valence electrons. The lowest BCUT2D eigenvalue weighted by molar-refractivity contribution is -0.131. The van der Waals surface area contributed by atoms with Gasteiger partial charge in [-0.05, 0) is 28.7 Å². The average Bonchev–Trinajstić information content (AvgIpc) is 3.17. The number of likely N-dealkylation sites (tertiary alicyclic amines) is 1. The molecule has 1 spiro atoms. The summed E-state index contributed by atoms with van der Waals surface area (Å²) in [6.07, 6.45) is 6.03. The minimum Gasteiger partial charge on any atom is -0.388 e. The van der Waals surface area contributed by atoms with Gasteiger partial charge in [0.15, 0.2) is 0 Å². The Morgan fingerprint density at radius 2 is 1.76 bits per heavy atom. The van der Waals surface area contributed by atoms with E-state index in [1.165, 1.54) is 5.56 Å². The number of hydrogen-bond acceptors (Lipinski definition) is 3. The number of carbonyl (C=O) groups is 1.